The van der Waals surface area contributed by atoms with Gasteiger partial charge in [0.25, 0.3) is 0 Å². The van der Waals surface area contributed by atoms with E-state index >= 15 is 0 Å². The van der Waals surface area contributed by atoms with Gasteiger partial charge in [0.2, 0.25) is 11.8 Å². The van der Waals surface area contributed by atoms with Crippen molar-refractivity contribution in [3.05, 3.63) is 54.3 Å². The molecule has 1 fully saturated rings. The number of piperidine rings is 1. The number of benzene rings is 2. The van der Waals surface area contributed by atoms with Crippen LogP contribution in [-0.2, 0) is 19.1 Å². The number of esters is 1. The third-order valence-electron chi connectivity index (χ3n) is 5.23. The largest absolute Gasteiger partial charge is 0.469 e. The van der Waals surface area contributed by atoms with Gasteiger partial charge in [-0.3, -0.25) is 14.4 Å². The molecule has 158 valence electrons. The number of hydrogen-bond donors (Lipinski definition) is 1. The van der Waals surface area contributed by atoms with Crippen molar-refractivity contribution in [2.75, 3.05) is 25.5 Å². The van der Waals surface area contributed by atoms with Gasteiger partial charge in [0.05, 0.1) is 19.4 Å². The van der Waals surface area contributed by atoms with Crippen LogP contribution in [0.2, 0.25) is 0 Å². The number of nitrogens with one attached hydrogen (secondary N) is 1. The molecule has 0 saturated carbocycles. The first kappa shape index (κ1) is 21.5. The third-order valence-corrected chi connectivity index (χ3v) is 5.23. The summed E-state index contributed by atoms with van der Waals surface area (Å²) in [6, 6.07) is 13.5. The third kappa shape index (κ3) is 5.65. The van der Waals surface area contributed by atoms with Crippen LogP contribution in [0.25, 0.3) is 11.1 Å². The van der Waals surface area contributed by atoms with Crippen LogP contribution in [0.1, 0.15) is 25.7 Å². The fraction of sp³-hybridized carbons (Fsp3) is 0.348. The minimum atomic E-state index is -0.420. The number of carbonyl (C=O) groups is 3. The van der Waals surface area contributed by atoms with Gasteiger partial charge in [0.15, 0.2) is 0 Å². The lowest BCUT2D eigenvalue weighted by Crippen LogP contribution is -2.43. The summed E-state index contributed by atoms with van der Waals surface area (Å²) in [7, 11) is 1.29. The first-order valence-electron chi connectivity index (χ1n) is 9.97. The molecule has 2 aromatic carbocycles. The molecule has 30 heavy (non-hydrogen) atoms. The van der Waals surface area contributed by atoms with Gasteiger partial charge in [-0.15, -0.1) is 0 Å². The fourth-order valence-corrected chi connectivity index (χ4v) is 3.55. The van der Waals surface area contributed by atoms with E-state index in [4.69, 9.17) is 0 Å². The number of halogens is 1. The molecule has 0 aliphatic carbocycles. The van der Waals surface area contributed by atoms with Crippen LogP contribution in [0.3, 0.4) is 0 Å². The second kappa shape index (κ2) is 10.0. The summed E-state index contributed by atoms with van der Waals surface area (Å²) in [6.45, 7) is 0.930. The number of rotatable bonds is 6. The van der Waals surface area contributed by atoms with Crippen molar-refractivity contribution < 1.29 is 23.5 Å². The smallest absolute Gasteiger partial charge is 0.306 e. The predicted molar refractivity (Wildman–Crippen MR) is 111 cm³/mol. The second-order valence-electron chi connectivity index (χ2n) is 7.33. The fourth-order valence-electron chi connectivity index (χ4n) is 3.55. The standard InChI is InChI=1S/C23H25FN2O4/c1-30-22(28)12-11-21(27)26-13-3-5-18(15-26)23(29)25-20-9-7-16(8-10-20)17-4-2-6-19(24)14-17/h2,4,6-10,14,18H,3,5,11-13,15H2,1H3,(H,25,29)/t18-/m0/s1. The first-order chi connectivity index (χ1) is 14.5. The molecule has 1 N–H and O–H groups in total. The molecule has 2 amide bonds. The highest BCUT2D eigenvalue weighted by Crippen LogP contribution is 2.24. The summed E-state index contributed by atoms with van der Waals surface area (Å²) >= 11 is 0. The Kier molecular flexibility index (Phi) is 7.17. The summed E-state index contributed by atoms with van der Waals surface area (Å²) in [5, 5.41) is 2.90. The molecule has 0 aromatic heterocycles. The Balaban J connectivity index is 1.56. The van der Waals surface area contributed by atoms with E-state index in [1.54, 1.807) is 23.1 Å². The molecule has 7 heteroatoms. The van der Waals surface area contributed by atoms with Gasteiger partial charge in [-0.25, -0.2) is 4.39 Å². The Morgan fingerprint density at radius 3 is 2.57 bits per heavy atom. The minimum absolute atomic E-state index is 0.0420. The minimum Gasteiger partial charge on any atom is -0.469 e. The summed E-state index contributed by atoms with van der Waals surface area (Å²) in [5.74, 6) is -1.30. The molecule has 0 spiro atoms. The van der Waals surface area contributed by atoms with Crippen molar-refractivity contribution in [1.29, 1.82) is 0 Å². The van der Waals surface area contributed by atoms with Crippen molar-refractivity contribution in [2.45, 2.75) is 25.7 Å². The maximum Gasteiger partial charge on any atom is 0.306 e. The molecule has 3 rings (SSSR count). The molecule has 1 atom stereocenters. The van der Waals surface area contributed by atoms with Crippen molar-refractivity contribution in [3.63, 3.8) is 0 Å². The summed E-state index contributed by atoms with van der Waals surface area (Å²) < 4.78 is 18.0. The molecular weight excluding hydrogens is 387 g/mol. The van der Waals surface area contributed by atoms with Gasteiger partial charge < -0.3 is 15.0 Å². The van der Waals surface area contributed by atoms with E-state index in [0.717, 1.165) is 17.5 Å². The van der Waals surface area contributed by atoms with Crippen LogP contribution < -0.4 is 5.32 Å². The van der Waals surface area contributed by atoms with Gasteiger partial charge in [0, 0.05) is 25.2 Å². The Morgan fingerprint density at radius 2 is 1.87 bits per heavy atom. The van der Waals surface area contributed by atoms with Crippen molar-refractivity contribution in [3.8, 4) is 11.1 Å². The van der Waals surface area contributed by atoms with Crippen molar-refractivity contribution >= 4 is 23.5 Å². The lowest BCUT2D eigenvalue weighted by Gasteiger charge is -2.32. The van der Waals surface area contributed by atoms with E-state index in [1.165, 1.54) is 19.2 Å². The van der Waals surface area contributed by atoms with Crippen LogP contribution in [0.5, 0.6) is 0 Å². The number of carbonyl (C=O) groups excluding carboxylic acids is 3. The molecule has 1 heterocycles. The normalized spacial score (nSPS) is 16.1. The van der Waals surface area contributed by atoms with Crippen molar-refractivity contribution in [2.24, 2.45) is 5.92 Å². The zero-order chi connectivity index (χ0) is 21.5. The molecule has 2 aromatic rings. The quantitative estimate of drug-likeness (QED) is 0.736. The van der Waals surface area contributed by atoms with Gasteiger partial charge in [-0.2, -0.15) is 0 Å². The van der Waals surface area contributed by atoms with E-state index in [1.807, 2.05) is 18.2 Å². The molecule has 1 saturated heterocycles. The summed E-state index contributed by atoms with van der Waals surface area (Å²) in [4.78, 5) is 37.8. The highest BCUT2D eigenvalue weighted by Gasteiger charge is 2.28. The van der Waals surface area contributed by atoms with E-state index in [-0.39, 0.29) is 36.4 Å². The maximum absolute atomic E-state index is 13.4. The van der Waals surface area contributed by atoms with Crippen LogP contribution in [-0.4, -0.2) is 42.9 Å². The molecule has 1 aliphatic rings. The highest BCUT2D eigenvalue weighted by molar-refractivity contribution is 5.93. The van der Waals surface area contributed by atoms with Gasteiger partial charge in [-0.05, 0) is 48.2 Å². The number of ether oxygens (including phenoxy) is 1. The Bertz CT molecular complexity index is 914. The van der Waals surface area contributed by atoms with E-state index < -0.39 is 5.97 Å². The predicted octanol–water partition coefficient (Wildman–Crippen LogP) is 3.62. The second-order valence-corrected chi connectivity index (χ2v) is 7.33. The molecular formula is C23H25FN2O4. The number of anilines is 1. The Morgan fingerprint density at radius 1 is 1.10 bits per heavy atom. The maximum atomic E-state index is 13.4. The van der Waals surface area contributed by atoms with E-state index in [0.29, 0.717) is 25.2 Å². The molecule has 6 nitrogen and oxygen atoms in total. The lowest BCUT2D eigenvalue weighted by molar-refractivity contribution is -0.144. The van der Waals surface area contributed by atoms with Gasteiger partial charge in [0.1, 0.15) is 5.82 Å². The van der Waals surface area contributed by atoms with Crippen LogP contribution >= 0.6 is 0 Å². The topological polar surface area (TPSA) is 75.7 Å². The zero-order valence-corrected chi connectivity index (χ0v) is 16.9. The lowest BCUT2D eigenvalue weighted by atomic mass is 9.96. The van der Waals surface area contributed by atoms with Crippen LogP contribution in [0.15, 0.2) is 48.5 Å². The van der Waals surface area contributed by atoms with Crippen LogP contribution in [0.4, 0.5) is 10.1 Å². The number of amides is 2. The van der Waals surface area contributed by atoms with Gasteiger partial charge in [-0.1, -0.05) is 24.3 Å². The first-order valence-corrected chi connectivity index (χ1v) is 9.97. The van der Waals surface area contributed by atoms with Crippen molar-refractivity contribution in [1.82, 2.24) is 4.90 Å². The summed E-state index contributed by atoms with van der Waals surface area (Å²) in [5.41, 5.74) is 2.27. The number of nitrogens with zero attached hydrogens (tertiary/aromatic N) is 1. The van der Waals surface area contributed by atoms with E-state index in [9.17, 15) is 18.8 Å². The zero-order valence-electron chi connectivity index (χ0n) is 16.9. The average molecular weight is 412 g/mol. The number of hydrogen-bond acceptors (Lipinski definition) is 4. The Hall–Kier alpha value is -3.22. The molecule has 1 aliphatic heterocycles. The van der Waals surface area contributed by atoms with Crippen LogP contribution in [0, 0.1) is 11.7 Å². The molecule has 0 radical (unpaired) electrons. The number of methoxy groups -OCH3 is 1. The molecule has 0 bridgehead atoms. The van der Waals surface area contributed by atoms with Gasteiger partial charge >= 0.3 is 5.97 Å². The Labute approximate surface area is 175 Å². The molecule has 0 unspecified atom stereocenters. The monoisotopic (exact) mass is 412 g/mol. The summed E-state index contributed by atoms with van der Waals surface area (Å²) in [6.07, 6.45) is 1.57. The average Bonchev–Trinajstić information content (AvgIpc) is 2.77. The van der Waals surface area contributed by atoms with E-state index in [2.05, 4.69) is 10.1 Å². The highest BCUT2D eigenvalue weighted by atomic mass is 19.1. The SMILES string of the molecule is COC(=O)CCC(=O)N1CCC[C@H](C(=O)Nc2ccc(-c3cccc(F)c3)cc2)C1. The number of likely N-dealkylation sites (tertiary alicyclic amines) is 1.